The molecule has 7 heteroatoms. The molecule has 1 N–H and O–H groups in total. The monoisotopic (exact) mass is 493 g/mol. The summed E-state index contributed by atoms with van der Waals surface area (Å²) in [5, 5.41) is 5.04. The molecule has 0 saturated carbocycles. The number of amides is 2. The van der Waals surface area contributed by atoms with E-state index in [-0.39, 0.29) is 30.9 Å². The standard InChI is InChI=1S/C28H35N3O3S/c1-20-8-6-9-21(2)28(20)29-26(32)18-30(4)27(33)19-31(22(3)16-25-10-7-15-35-25)17-23-11-13-24(34-5)14-12-23/h6-15,22H,16-19H2,1-5H3,(H,29,32). The van der Waals surface area contributed by atoms with E-state index in [2.05, 4.69) is 28.6 Å². The average molecular weight is 494 g/mol. The highest BCUT2D eigenvalue weighted by atomic mass is 32.1. The molecule has 2 aromatic carbocycles. The van der Waals surface area contributed by atoms with Crippen LogP contribution in [0.5, 0.6) is 5.75 Å². The zero-order chi connectivity index (χ0) is 25.4. The highest BCUT2D eigenvalue weighted by Crippen LogP contribution is 2.20. The molecule has 2 amide bonds. The number of rotatable bonds is 11. The molecule has 186 valence electrons. The van der Waals surface area contributed by atoms with E-state index in [9.17, 15) is 9.59 Å². The number of carbonyl (C=O) groups excluding carboxylic acids is 2. The van der Waals surface area contributed by atoms with Crippen molar-refractivity contribution in [3.8, 4) is 5.75 Å². The van der Waals surface area contributed by atoms with E-state index in [1.807, 2.05) is 62.4 Å². The lowest BCUT2D eigenvalue weighted by molar-refractivity contribution is -0.134. The first-order valence-electron chi connectivity index (χ1n) is 11.8. The normalized spacial score (nSPS) is 11.8. The number of aryl methyl sites for hydroxylation is 2. The molecule has 0 radical (unpaired) electrons. The number of anilines is 1. The molecule has 0 aliphatic heterocycles. The number of methoxy groups -OCH3 is 1. The van der Waals surface area contributed by atoms with Crippen LogP contribution >= 0.6 is 11.3 Å². The maximum atomic E-state index is 13.2. The van der Waals surface area contributed by atoms with Gasteiger partial charge < -0.3 is 15.0 Å². The summed E-state index contributed by atoms with van der Waals surface area (Å²) < 4.78 is 5.27. The minimum Gasteiger partial charge on any atom is -0.497 e. The lowest BCUT2D eigenvalue weighted by Gasteiger charge is -2.30. The van der Waals surface area contributed by atoms with Crippen molar-refractivity contribution < 1.29 is 14.3 Å². The second-order valence-electron chi connectivity index (χ2n) is 8.95. The highest BCUT2D eigenvalue weighted by Gasteiger charge is 2.22. The summed E-state index contributed by atoms with van der Waals surface area (Å²) in [6, 6.07) is 18.1. The van der Waals surface area contributed by atoms with Crippen LogP contribution in [0, 0.1) is 13.8 Å². The molecule has 3 aromatic rings. The topological polar surface area (TPSA) is 61.9 Å². The van der Waals surface area contributed by atoms with E-state index < -0.39 is 0 Å². The molecule has 35 heavy (non-hydrogen) atoms. The SMILES string of the molecule is COc1ccc(CN(CC(=O)N(C)CC(=O)Nc2c(C)cccc2C)C(C)Cc2cccs2)cc1. The van der Waals surface area contributed by atoms with Crippen LogP contribution in [0.25, 0.3) is 0 Å². The molecule has 0 bridgehead atoms. The molecule has 3 rings (SSSR count). The molecule has 1 heterocycles. The number of para-hydroxylation sites is 1. The Hall–Kier alpha value is -3.16. The smallest absolute Gasteiger partial charge is 0.243 e. The van der Waals surface area contributed by atoms with Crippen molar-refractivity contribution in [1.29, 1.82) is 0 Å². The van der Waals surface area contributed by atoms with Gasteiger partial charge in [-0.1, -0.05) is 36.4 Å². The predicted molar refractivity (Wildman–Crippen MR) is 143 cm³/mol. The van der Waals surface area contributed by atoms with Gasteiger partial charge in [-0.15, -0.1) is 11.3 Å². The lowest BCUT2D eigenvalue weighted by Crippen LogP contribution is -2.44. The number of nitrogens with zero attached hydrogens (tertiary/aromatic N) is 2. The summed E-state index contributed by atoms with van der Waals surface area (Å²) in [5.41, 5.74) is 3.91. The van der Waals surface area contributed by atoms with Gasteiger partial charge in [0.15, 0.2) is 0 Å². The van der Waals surface area contributed by atoms with Crippen molar-refractivity contribution in [2.45, 2.75) is 39.8 Å². The number of carbonyl (C=O) groups is 2. The fraction of sp³-hybridized carbons (Fsp3) is 0.357. The maximum Gasteiger partial charge on any atom is 0.243 e. The zero-order valence-corrected chi connectivity index (χ0v) is 22.0. The second-order valence-corrected chi connectivity index (χ2v) is 9.98. The largest absolute Gasteiger partial charge is 0.497 e. The van der Waals surface area contributed by atoms with Crippen molar-refractivity contribution in [2.75, 3.05) is 32.6 Å². The number of hydrogen-bond acceptors (Lipinski definition) is 5. The van der Waals surface area contributed by atoms with Crippen molar-refractivity contribution in [3.05, 3.63) is 81.5 Å². The average Bonchev–Trinajstić information content (AvgIpc) is 3.34. The zero-order valence-electron chi connectivity index (χ0n) is 21.2. The number of benzene rings is 2. The fourth-order valence-corrected chi connectivity index (χ4v) is 4.80. The van der Waals surface area contributed by atoms with E-state index in [1.54, 1.807) is 25.5 Å². The Bertz CT molecular complexity index is 1090. The van der Waals surface area contributed by atoms with Gasteiger partial charge >= 0.3 is 0 Å². The summed E-state index contributed by atoms with van der Waals surface area (Å²) in [6.07, 6.45) is 0.859. The van der Waals surface area contributed by atoms with E-state index in [0.29, 0.717) is 6.54 Å². The van der Waals surface area contributed by atoms with Crippen LogP contribution in [0.4, 0.5) is 5.69 Å². The second kappa shape index (κ2) is 12.5. The Morgan fingerprint density at radius 1 is 1.00 bits per heavy atom. The molecule has 1 unspecified atom stereocenters. The van der Waals surface area contributed by atoms with Gasteiger partial charge in [-0.25, -0.2) is 0 Å². The first-order chi connectivity index (χ1) is 16.8. The summed E-state index contributed by atoms with van der Waals surface area (Å²) in [6.45, 7) is 6.93. The van der Waals surface area contributed by atoms with Crippen molar-refractivity contribution in [1.82, 2.24) is 9.80 Å². The molecule has 0 spiro atoms. The molecule has 1 atom stereocenters. The molecule has 1 aromatic heterocycles. The van der Waals surface area contributed by atoms with Crippen molar-refractivity contribution in [3.63, 3.8) is 0 Å². The fourth-order valence-electron chi connectivity index (χ4n) is 3.97. The number of ether oxygens (including phenoxy) is 1. The van der Waals surface area contributed by atoms with Crippen LogP contribution in [-0.2, 0) is 22.6 Å². The van der Waals surface area contributed by atoms with E-state index >= 15 is 0 Å². The van der Waals surface area contributed by atoms with Gasteiger partial charge in [0.2, 0.25) is 11.8 Å². The molecule has 0 aliphatic carbocycles. The van der Waals surface area contributed by atoms with Gasteiger partial charge in [0, 0.05) is 30.2 Å². The van der Waals surface area contributed by atoms with E-state index in [0.717, 1.165) is 34.5 Å². The maximum absolute atomic E-state index is 13.2. The van der Waals surface area contributed by atoms with Crippen LogP contribution in [0.3, 0.4) is 0 Å². The summed E-state index contributed by atoms with van der Waals surface area (Å²) in [5.74, 6) is 0.512. The van der Waals surface area contributed by atoms with Crippen LogP contribution in [0.1, 0.15) is 28.5 Å². The summed E-state index contributed by atoms with van der Waals surface area (Å²) in [4.78, 5) is 30.8. The number of thiophene rings is 1. The van der Waals surface area contributed by atoms with Gasteiger partial charge in [-0.2, -0.15) is 0 Å². The van der Waals surface area contributed by atoms with Gasteiger partial charge in [0.1, 0.15) is 5.75 Å². The lowest BCUT2D eigenvalue weighted by atomic mass is 10.1. The summed E-state index contributed by atoms with van der Waals surface area (Å²) in [7, 11) is 3.33. The Morgan fingerprint density at radius 3 is 2.29 bits per heavy atom. The van der Waals surface area contributed by atoms with Crippen LogP contribution < -0.4 is 10.1 Å². The third-order valence-corrected chi connectivity index (χ3v) is 7.03. The molecule has 0 saturated heterocycles. The Labute approximate surface area is 212 Å². The number of hydrogen-bond donors (Lipinski definition) is 1. The van der Waals surface area contributed by atoms with Gasteiger partial charge in [0.05, 0.1) is 20.2 Å². The first-order valence-corrected chi connectivity index (χ1v) is 12.6. The van der Waals surface area contributed by atoms with Crippen LogP contribution in [0.15, 0.2) is 60.0 Å². The van der Waals surface area contributed by atoms with E-state index in [4.69, 9.17) is 4.74 Å². The minimum atomic E-state index is -0.202. The van der Waals surface area contributed by atoms with Crippen molar-refractivity contribution in [2.24, 2.45) is 0 Å². The third kappa shape index (κ3) is 7.67. The van der Waals surface area contributed by atoms with Gasteiger partial charge in [-0.3, -0.25) is 14.5 Å². The predicted octanol–water partition coefficient (Wildman–Crippen LogP) is 4.90. The van der Waals surface area contributed by atoms with Gasteiger partial charge in [0.25, 0.3) is 0 Å². The first kappa shape index (κ1) is 26.4. The van der Waals surface area contributed by atoms with Crippen LogP contribution in [-0.4, -0.2) is 54.9 Å². The quantitative estimate of drug-likeness (QED) is 0.413. The van der Waals surface area contributed by atoms with E-state index in [1.165, 1.54) is 9.78 Å². The number of likely N-dealkylation sites (N-methyl/N-ethyl adjacent to an activating group) is 1. The Morgan fingerprint density at radius 2 is 1.69 bits per heavy atom. The summed E-state index contributed by atoms with van der Waals surface area (Å²) >= 11 is 1.73. The molecular weight excluding hydrogens is 458 g/mol. The molecule has 6 nitrogen and oxygen atoms in total. The molecule has 0 fully saturated rings. The number of nitrogens with one attached hydrogen (secondary N) is 1. The molecule has 0 aliphatic rings. The minimum absolute atomic E-state index is 0.00227. The van der Waals surface area contributed by atoms with Crippen molar-refractivity contribution >= 4 is 28.8 Å². The van der Waals surface area contributed by atoms with Gasteiger partial charge in [-0.05, 0) is 67.5 Å². The molecular formula is C28H35N3O3S. The highest BCUT2D eigenvalue weighted by molar-refractivity contribution is 7.09. The Kier molecular flexibility index (Phi) is 9.46. The Balaban J connectivity index is 1.66. The third-order valence-electron chi connectivity index (χ3n) is 6.14. The van der Waals surface area contributed by atoms with Crippen LogP contribution in [0.2, 0.25) is 0 Å².